The van der Waals surface area contributed by atoms with E-state index in [0.29, 0.717) is 23.5 Å². The van der Waals surface area contributed by atoms with Crippen molar-refractivity contribution < 1.29 is 9.67 Å². The van der Waals surface area contributed by atoms with Crippen LogP contribution in [0.15, 0.2) is 36.9 Å². The average Bonchev–Trinajstić information content (AvgIpc) is 2.91. The molecule has 0 aliphatic rings. The molecule has 0 saturated carbocycles. The summed E-state index contributed by atoms with van der Waals surface area (Å²) in [5.41, 5.74) is 3.23. The van der Waals surface area contributed by atoms with Gasteiger partial charge in [-0.15, -0.1) is 0 Å². The van der Waals surface area contributed by atoms with E-state index in [1.807, 2.05) is 28.8 Å². The van der Waals surface area contributed by atoms with Gasteiger partial charge in [0.1, 0.15) is 6.33 Å². The van der Waals surface area contributed by atoms with Crippen LogP contribution in [0.4, 0.5) is 5.82 Å². The molecule has 0 atom stereocenters. The molecule has 0 bridgehead atoms. The van der Waals surface area contributed by atoms with Crippen molar-refractivity contribution in [1.82, 2.24) is 19.5 Å². The molecule has 0 amide bonds. The average molecular weight is 331 g/mol. The van der Waals surface area contributed by atoms with Crippen LogP contribution in [0.3, 0.4) is 0 Å². The molecule has 2 aromatic heterocycles. The number of hydrogen-bond acceptors (Lipinski definition) is 5. The Morgan fingerprint density at radius 1 is 1.13 bits per heavy atom. The van der Waals surface area contributed by atoms with E-state index in [1.54, 1.807) is 19.7 Å². The molecule has 0 unspecified atom stereocenters. The zero-order valence-electron chi connectivity index (χ0n) is 13.0. The first kappa shape index (κ1) is 15.6. The first-order valence-corrected chi connectivity index (χ1v) is 9.74. The Morgan fingerprint density at radius 3 is 2.48 bits per heavy atom. The molecule has 23 heavy (non-hydrogen) atoms. The molecule has 0 aliphatic heterocycles. The Bertz CT molecular complexity index is 869. The summed E-state index contributed by atoms with van der Waals surface area (Å²) < 4.78 is 13.9. The number of nitrogens with one attached hydrogen (secondary N) is 1. The van der Waals surface area contributed by atoms with Crippen molar-refractivity contribution in [1.29, 1.82) is 0 Å². The molecule has 7 nitrogen and oxygen atoms in total. The highest BCUT2D eigenvalue weighted by molar-refractivity contribution is 7.63. The molecule has 8 heteroatoms. The molecule has 0 radical (unpaired) electrons. The van der Waals surface area contributed by atoms with E-state index in [1.165, 1.54) is 6.33 Å². The Balaban J connectivity index is 1.93. The molecule has 0 spiro atoms. The first-order valence-electron chi connectivity index (χ1n) is 7.14. The monoisotopic (exact) mass is 331 g/mol. The van der Waals surface area contributed by atoms with E-state index in [2.05, 4.69) is 20.0 Å². The fraction of sp³-hybridized carbons (Fsp3) is 0.267. The SMILES string of the molecule is CP(C)(=O)Nc1ncnc2c1ncn2Cc1ccc(CO)cc1. The summed E-state index contributed by atoms with van der Waals surface area (Å²) in [6.45, 7) is 3.92. The Labute approximate surface area is 133 Å². The maximum absolute atomic E-state index is 12.0. The Morgan fingerprint density at radius 2 is 1.83 bits per heavy atom. The maximum atomic E-state index is 12.0. The summed E-state index contributed by atoms with van der Waals surface area (Å²) in [7, 11) is -2.47. The van der Waals surface area contributed by atoms with Crippen molar-refractivity contribution >= 4 is 24.3 Å². The van der Waals surface area contributed by atoms with E-state index in [9.17, 15) is 4.57 Å². The number of aliphatic hydroxyl groups excluding tert-OH is 1. The second-order valence-corrected chi connectivity index (χ2v) is 8.63. The van der Waals surface area contributed by atoms with Crippen LogP contribution in [0, 0.1) is 0 Å². The standard InChI is InChI=1S/C15H18N5O2P/c1-23(2,22)19-14-13-15(17-9-16-14)20(10-18-13)7-11-3-5-12(8-21)6-4-11/h3-6,9-10,21H,7-8H2,1-2H3,(H,16,17,19,22). The van der Waals surface area contributed by atoms with Crippen molar-refractivity contribution in [2.45, 2.75) is 13.2 Å². The van der Waals surface area contributed by atoms with Crippen LogP contribution < -0.4 is 5.09 Å². The van der Waals surface area contributed by atoms with Gasteiger partial charge in [-0.2, -0.15) is 0 Å². The summed E-state index contributed by atoms with van der Waals surface area (Å²) in [6.07, 6.45) is 3.13. The van der Waals surface area contributed by atoms with E-state index in [0.717, 1.165) is 11.1 Å². The van der Waals surface area contributed by atoms with Gasteiger partial charge in [0, 0.05) is 13.3 Å². The number of benzene rings is 1. The fourth-order valence-corrected chi connectivity index (χ4v) is 2.95. The number of aliphatic hydroxyl groups is 1. The Kier molecular flexibility index (Phi) is 4.15. The molecule has 2 N–H and O–H groups in total. The molecule has 0 saturated heterocycles. The molecule has 1 aromatic carbocycles. The molecule has 3 rings (SSSR count). The van der Waals surface area contributed by atoms with Gasteiger partial charge in [-0.25, -0.2) is 15.0 Å². The molecule has 2 heterocycles. The molecule has 3 aromatic rings. The van der Waals surface area contributed by atoms with Gasteiger partial charge in [0.15, 0.2) is 24.3 Å². The lowest BCUT2D eigenvalue weighted by atomic mass is 10.1. The second kappa shape index (κ2) is 6.10. The largest absolute Gasteiger partial charge is 0.392 e. The van der Waals surface area contributed by atoms with Gasteiger partial charge in [0.2, 0.25) is 0 Å². The van der Waals surface area contributed by atoms with Crippen molar-refractivity contribution in [3.05, 3.63) is 48.0 Å². The fourth-order valence-electron chi connectivity index (χ4n) is 2.28. The lowest BCUT2D eigenvalue weighted by molar-refractivity contribution is 0.282. The number of nitrogens with zero attached hydrogens (tertiary/aromatic N) is 4. The van der Waals surface area contributed by atoms with E-state index < -0.39 is 7.29 Å². The second-order valence-electron chi connectivity index (χ2n) is 5.70. The molecular weight excluding hydrogens is 313 g/mol. The number of anilines is 1. The normalized spacial score (nSPS) is 11.8. The number of rotatable bonds is 5. The van der Waals surface area contributed by atoms with Crippen LogP contribution in [-0.4, -0.2) is 38.0 Å². The molecule has 0 aliphatic carbocycles. The zero-order chi connectivity index (χ0) is 16.4. The number of hydrogen-bond donors (Lipinski definition) is 2. The summed E-state index contributed by atoms with van der Waals surface area (Å²) in [4.78, 5) is 12.8. The lowest BCUT2D eigenvalue weighted by Crippen LogP contribution is -2.02. The topological polar surface area (TPSA) is 92.9 Å². The van der Waals surface area contributed by atoms with Crippen molar-refractivity contribution in [2.24, 2.45) is 0 Å². The highest BCUT2D eigenvalue weighted by atomic mass is 31.2. The van der Waals surface area contributed by atoms with Gasteiger partial charge in [-0.1, -0.05) is 24.3 Å². The van der Waals surface area contributed by atoms with Gasteiger partial charge < -0.3 is 19.3 Å². The zero-order valence-corrected chi connectivity index (χ0v) is 13.9. The number of aromatic nitrogens is 4. The third-order valence-electron chi connectivity index (χ3n) is 3.33. The van der Waals surface area contributed by atoms with Crippen LogP contribution in [0.5, 0.6) is 0 Å². The minimum Gasteiger partial charge on any atom is -0.392 e. The van der Waals surface area contributed by atoms with Crippen LogP contribution in [0.25, 0.3) is 11.2 Å². The van der Waals surface area contributed by atoms with Gasteiger partial charge in [-0.05, 0) is 11.1 Å². The summed E-state index contributed by atoms with van der Waals surface area (Å²) in [5.74, 6) is 0.484. The lowest BCUT2D eigenvalue weighted by Gasteiger charge is -2.10. The third kappa shape index (κ3) is 3.57. The summed E-state index contributed by atoms with van der Waals surface area (Å²) in [5, 5.41) is 12.0. The van der Waals surface area contributed by atoms with Gasteiger partial charge in [0.25, 0.3) is 0 Å². The first-order chi connectivity index (χ1) is 11.0. The summed E-state index contributed by atoms with van der Waals surface area (Å²) >= 11 is 0. The molecular formula is C15H18N5O2P. The van der Waals surface area contributed by atoms with E-state index in [-0.39, 0.29) is 6.61 Å². The highest BCUT2D eigenvalue weighted by Crippen LogP contribution is 2.37. The van der Waals surface area contributed by atoms with E-state index >= 15 is 0 Å². The third-order valence-corrected chi connectivity index (χ3v) is 4.09. The Hall–Kier alpha value is -2.24. The predicted octanol–water partition coefficient (Wildman–Crippen LogP) is 2.32. The minimum absolute atomic E-state index is 0.0324. The predicted molar refractivity (Wildman–Crippen MR) is 89.9 cm³/mol. The van der Waals surface area contributed by atoms with Crippen molar-refractivity contribution in [3.8, 4) is 0 Å². The maximum Gasteiger partial charge on any atom is 0.165 e. The smallest absolute Gasteiger partial charge is 0.165 e. The highest BCUT2D eigenvalue weighted by Gasteiger charge is 2.14. The van der Waals surface area contributed by atoms with Gasteiger partial charge >= 0.3 is 0 Å². The van der Waals surface area contributed by atoms with Gasteiger partial charge in [0.05, 0.1) is 19.5 Å². The molecule has 0 fully saturated rings. The van der Waals surface area contributed by atoms with Crippen molar-refractivity contribution in [2.75, 3.05) is 18.4 Å². The van der Waals surface area contributed by atoms with Crippen LogP contribution >= 0.6 is 7.29 Å². The van der Waals surface area contributed by atoms with Gasteiger partial charge in [-0.3, -0.25) is 0 Å². The molecule has 120 valence electrons. The summed E-state index contributed by atoms with van der Waals surface area (Å²) in [6, 6.07) is 7.70. The number of imidazole rings is 1. The van der Waals surface area contributed by atoms with E-state index in [4.69, 9.17) is 5.11 Å². The quantitative estimate of drug-likeness (QED) is 0.697. The number of fused-ring (bicyclic) bond motifs is 1. The van der Waals surface area contributed by atoms with Crippen LogP contribution in [-0.2, 0) is 17.7 Å². The minimum atomic E-state index is -2.47. The van der Waals surface area contributed by atoms with Crippen LogP contribution in [0.2, 0.25) is 0 Å². The van der Waals surface area contributed by atoms with Crippen molar-refractivity contribution in [3.63, 3.8) is 0 Å². The van der Waals surface area contributed by atoms with Crippen LogP contribution in [0.1, 0.15) is 11.1 Å².